The van der Waals surface area contributed by atoms with Gasteiger partial charge >= 0.3 is 12.1 Å². The lowest BCUT2D eigenvalue weighted by Gasteiger charge is -2.26. The van der Waals surface area contributed by atoms with Gasteiger partial charge in [0.2, 0.25) is 0 Å². The first-order valence-corrected chi connectivity index (χ1v) is 7.05. The lowest BCUT2D eigenvalue weighted by atomic mass is 9.96. The quantitative estimate of drug-likeness (QED) is 0.909. The lowest BCUT2D eigenvalue weighted by molar-refractivity contribution is -0.142. The Bertz CT molecular complexity index is 521. The largest absolute Gasteiger partial charge is 0.480 e. The third kappa shape index (κ3) is 3.74. The Balaban J connectivity index is 2.16. The van der Waals surface area contributed by atoms with Crippen LogP contribution in [0, 0.1) is 0 Å². The third-order valence-electron chi connectivity index (χ3n) is 3.49. The van der Waals surface area contributed by atoms with E-state index in [0.717, 1.165) is 5.56 Å². The van der Waals surface area contributed by atoms with Crippen LogP contribution in [0.3, 0.4) is 0 Å². The molecular weight excluding hydrogens is 270 g/mol. The number of ether oxygens (including phenoxy) is 1. The molecule has 1 saturated heterocycles. The number of hydrogen-bond donors (Lipinski definition) is 1. The molecule has 1 N–H and O–H groups in total. The van der Waals surface area contributed by atoms with Crippen molar-refractivity contribution < 1.29 is 19.4 Å². The van der Waals surface area contributed by atoms with Crippen LogP contribution in [0.2, 0.25) is 0 Å². The first-order chi connectivity index (χ1) is 9.78. The van der Waals surface area contributed by atoms with Crippen LogP contribution in [0.1, 0.15) is 38.7 Å². The number of carboxylic acid groups (broad SMARTS) is 1. The predicted octanol–water partition coefficient (Wildman–Crippen LogP) is 2.86. The van der Waals surface area contributed by atoms with Crippen LogP contribution in [0.25, 0.3) is 0 Å². The summed E-state index contributed by atoms with van der Waals surface area (Å²) in [7, 11) is 0. The van der Waals surface area contributed by atoms with E-state index in [1.807, 2.05) is 30.3 Å². The Kier molecular flexibility index (Phi) is 4.21. The van der Waals surface area contributed by atoms with Crippen LogP contribution in [0.4, 0.5) is 4.79 Å². The van der Waals surface area contributed by atoms with Crippen molar-refractivity contribution in [3.05, 3.63) is 35.9 Å². The number of nitrogens with zero attached hydrogens (tertiary/aromatic N) is 1. The molecule has 0 radical (unpaired) electrons. The molecule has 2 atom stereocenters. The molecule has 1 amide bonds. The van der Waals surface area contributed by atoms with E-state index in [9.17, 15) is 14.7 Å². The van der Waals surface area contributed by atoms with Gasteiger partial charge in [-0.1, -0.05) is 30.3 Å². The minimum atomic E-state index is -0.987. The summed E-state index contributed by atoms with van der Waals surface area (Å²) in [5.74, 6) is -0.959. The van der Waals surface area contributed by atoms with Gasteiger partial charge in [0.1, 0.15) is 11.6 Å². The summed E-state index contributed by atoms with van der Waals surface area (Å²) in [5, 5.41) is 9.35. The van der Waals surface area contributed by atoms with E-state index >= 15 is 0 Å². The SMILES string of the molecule is CC(C)(C)OC(=O)N1C[C@H](c2ccccc2)CC1C(=O)O. The third-order valence-corrected chi connectivity index (χ3v) is 3.49. The van der Waals surface area contributed by atoms with Gasteiger partial charge in [-0.15, -0.1) is 0 Å². The molecule has 5 heteroatoms. The van der Waals surface area contributed by atoms with Crippen molar-refractivity contribution in [3.8, 4) is 0 Å². The molecular formula is C16H21NO4. The molecule has 1 aliphatic heterocycles. The summed E-state index contributed by atoms with van der Waals surface area (Å²) in [6, 6.07) is 8.84. The normalized spacial score (nSPS) is 22.1. The van der Waals surface area contributed by atoms with Gasteiger partial charge in [-0.05, 0) is 32.8 Å². The molecule has 0 aliphatic carbocycles. The van der Waals surface area contributed by atoms with Crippen LogP contribution in [0.5, 0.6) is 0 Å². The summed E-state index contributed by atoms with van der Waals surface area (Å²) in [6.45, 7) is 5.68. The van der Waals surface area contributed by atoms with Crippen molar-refractivity contribution in [2.75, 3.05) is 6.54 Å². The number of amides is 1. The second kappa shape index (κ2) is 5.76. The van der Waals surface area contributed by atoms with Crippen molar-refractivity contribution in [2.24, 2.45) is 0 Å². The van der Waals surface area contributed by atoms with E-state index < -0.39 is 23.7 Å². The van der Waals surface area contributed by atoms with E-state index in [1.54, 1.807) is 20.8 Å². The molecule has 1 aromatic rings. The monoisotopic (exact) mass is 291 g/mol. The Morgan fingerprint density at radius 2 is 1.86 bits per heavy atom. The molecule has 0 bridgehead atoms. The molecule has 21 heavy (non-hydrogen) atoms. The number of hydrogen-bond acceptors (Lipinski definition) is 3. The Morgan fingerprint density at radius 3 is 2.38 bits per heavy atom. The standard InChI is InChI=1S/C16H21NO4/c1-16(2,3)21-15(20)17-10-12(9-13(17)14(18)19)11-7-5-4-6-8-11/h4-8,12-13H,9-10H2,1-3H3,(H,18,19)/t12-,13?/m1/s1. The van der Waals surface area contributed by atoms with Gasteiger partial charge in [-0.3, -0.25) is 4.90 Å². The second-order valence-corrected chi connectivity index (χ2v) is 6.33. The first-order valence-electron chi connectivity index (χ1n) is 7.05. The zero-order valence-electron chi connectivity index (χ0n) is 12.6. The fourth-order valence-corrected chi connectivity index (χ4v) is 2.56. The van der Waals surface area contributed by atoms with Gasteiger partial charge in [-0.2, -0.15) is 0 Å². The summed E-state index contributed by atoms with van der Waals surface area (Å²) >= 11 is 0. The van der Waals surface area contributed by atoms with E-state index in [0.29, 0.717) is 13.0 Å². The molecule has 2 rings (SSSR count). The van der Waals surface area contributed by atoms with Gasteiger partial charge in [0.05, 0.1) is 0 Å². The van der Waals surface area contributed by atoms with Crippen molar-refractivity contribution in [1.29, 1.82) is 0 Å². The average molecular weight is 291 g/mol. The molecule has 1 aromatic carbocycles. The van der Waals surface area contributed by atoms with Crippen LogP contribution >= 0.6 is 0 Å². The van der Waals surface area contributed by atoms with Crippen LogP contribution in [-0.2, 0) is 9.53 Å². The summed E-state index contributed by atoms with van der Waals surface area (Å²) in [5.41, 5.74) is 0.417. The molecule has 114 valence electrons. The number of benzene rings is 1. The highest BCUT2D eigenvalue weighted by molar-refractivity contribution is 5.81. The highest BCUT2D eigenvalue weighted by Gasteiger charge is 2.41. The minimum absolute atomic E-state index is 0.0276. The summed E-state index contributed by atoms with van der Waals surface area (Å²) < 4.78 is 5.31. The zero-order valence-corrected chi connectivity index (χ0v) is 12.6. The molecule has 0 saturated carbocycles. The van der Waals surface area contributed by atoms with E-state index in [1.165, 1.54) is 4.90 Å². The fraction of sp³-hybridized carbons (Fsp3) is 0.500. The fourth-order valence-electron chi connectivity index (χ4n) is 2.56. The van der Waals surface area contributed by atoms with Gasteiger partial charge in [0.25, 0.3) is 0 Å². The lowest BCUT2D eigenvalue weighted by Crippen LogP contribution is -2.43. The number of likely N-dealkylation sites (tertiary alicyclic amines) is 1. The van der Waals surface area contributed by atoms with Crippen molar-refractivity contribution in [2.45, 2.75) is 44.8 Å². The molecule has 1 heterocycles. The number of carbonyl (C=O) groups excluding carboxylic acids is 1. The average Bonchev–Trinajstić information content (AvgIpc) is 2.83. The summed E-state index contributed by atoms with van der Waals surface area (Å²) in [6.07, 6.45) is -0.146. The van der Waals surface area contributed by atoms with Gasteiger partial charge < -0.3 is 9.84 Å². The molecule has 0 aromatic heterocycles. The Labute approximate surface area is 124 Å². The minimum Gasteiger partial charge on any atom is -0.480 e. The highest BCUT2D eigenvalue weighted by Crippen LogP contribution is 2.32. The number of rotatable bonds is 2. The maximum absolute atomic E-state index is 12.2. The van der Waals surface area contributed by atoms with Crippen molar-refractivity contribution in [1.82, 2.24) is 4.90 Å². The van der Waals surface area contributed by atoms with Crippen LogP contribution in [-0.4, -0.2) is 40.3 Å². The first kappa shape index (κ1) is 15.4. The van der Waals surface area contributed by atoms with E-state index in [2.05, 4.69) is 0 Å². The van der Waals surface area contributed by atoms with E-state index in [-0.39, 0.29) is 5.92 Å². The smallest absolute Gasteiger partial charge is 0.411 e. The number of aliphatic carboxylic acids is 1. The summed E-state index contributed by atoms with van der Waals surface area (Å²) in [4.78, 5) is 24.9. The Morgan fingerprint density at radius 1 is 1.24 bits per heavy atom. The van der Waals surface area contributed by atoms with Gasteiger partial charge in [0.15, 0.2) is 0 Å². The molecule has 1 aliphatic rings. The van der Waals surface area contributed by atoms with Crippen LogP contribution in [0.15, 0.2) is 30.3 Å². The maximum atomic E-state index is 12.2. The van der Waals surface area contributed by atoms with Crippen LogP contribution < -0.4 is 0 Å². The molecule has 1 unspecified atom stereocenters. The molecule has 5 nitrogen and oxygen atoms in total. The highest BCUT2D eigenvalue weighted by atomic mass is 16.6. The predicted molar refractivity (Wildman–Crippen MR) is 78.2 cm³/mol. The number of carbonyl (C=O) groups is 2. The van der Waals surface area contributed by atoms with E-state index in [4.69, 9.17) is 4.74 Å². The van der Waals surface area contributed by atoms with Gasteiger partial charge in [0, 0.05) is 12.5 Å². The van der Waals surface area contributed by atoms with Gasteiger partial charge in [-0.25, -0.2) is 9.59 Å². The van der Waals surface area contributed by atoms with Crippen molar-refractivity contribution >= 4 is 12.1 Å². The maximum Gasteiger partial charge on any atom is 0.411 e. The topological polar surface area (TPSA) is 66.8 Å². The molecule has 1 fully saturated rings. The molecule has 0 spiro atoms. The second-order valence-electron chi connectivity index (χ2n) is 6.33. The zero-order chi connectivity index (χ0) is 15.6. The van der Waals surface area contributed by atoms with Crippen molar-refractivity contribution in [3.63, 3.8) is 0 Å². The Hall–Kier alpha value is -2.04. The number of carboxylic acids is 1.